The Hall–Kier alpha value is -1.84. The molecule has 0 aliphatic carbocycles. The highest BCUT2D eigenvalue weighted by Gasteiger charge is 2.03. The van der Waals surface area contributed by atoms with E-state index < -0.39 is 5.91 Å². The largest absolute Gasteiger partial charge is 0.507 e. The third-order valence-corrected chi connectivity index (χ3v) is 1.17. The number of primary amides is 1. The molecule has 1 aromatic rings. The molecule has 14 heavy (non-hydrogen) atoms. The van der Waals surface area contributed by atoms with Crippen molar-refractivity contribution in [3.8, 4) is 5.75 Å². The Kier molecular flexibility index (Phi) is 4.99. The summed E-state index contributed by atoms with van der Waals surface area (Å²) in [5.74, 6) is -0.520. The number of Topliss-reactive ketones (excluding diaryl/α,β-unsaturated/α-hetero) is 1. The molecule has 0 spiro atoms. The number of ketones is 1. The van der Waals surface area contributed by atoms with E-state index in [-0.39, 0.29) is 17.1 Å². The molecule has 0 aromatic heterocycles. The minimum atomic E-state index is -0.613. The Morgan fingerprint density at radius 3 is 1.93 bits per heavy atom. The van der Waals surface area contributed by atoms with E-state index in [2.05, 4.69) is 0 Å². The van der Waals surface area contributed by atoms with Gasteiger partial charge in [0.2, 0.25) is 0 Å². The van der Waals surface area contributed by atoms with Crippen molar-refractivity contribution < 1.29 is 14.7 Å². The first-order chi connectivity index (χ1) is 6.45. The SMILES string of the molecule is CC(C)=O.NC(=O)c1ccccc1O. The Labute approximate surface area is 82.4 Å². The minimum Gasteiger partial charge on any atom is -0.507 e. The van der Waals surface area contributed by atoms with Gasteiger partial charge < -0.3 is 15.6 Å². The molecule has 0 aliphatic heterocycles. The van der Waals surface area contributed by atoms with Gasteiger partial charge in [0.1, 0.15) is 11.5 Å². The highest BCUT2D eigenvalue weighted by Crippen LogP contribution is 2.13. The molecule has 3 N–H and O–H groups in total. The molecule has 0 saturated carbocycles. The number of hydrogen-bond acceptors (Lipinski definition) is 3. The molecule has 1 rings (SSSR count). The molecule has 0 radical (unpaired) electrons. The number of nitrogens with two attached hydrogens (primary N) is 1. The second-order valence-corrected chi connectivity index (χ2v) is 2.79. The quantitative estimate of drug-likeness (QED) is 0.703. The van der Waals surface area contributed by atoms with Crippen molar-refractivity contribution in [2.45, 2.75) is 13.8 Å². The lowest BCUT2D eigenvalue weighted by molar-refractivity contribution is -0.114. The summed E-state index contributed by atoms with van der Waals surface area (Å²) in [6.07, 6.45) is 0. The Morgan fingerprint density at radius 1 is 1.21 bits per heavy atom. The molecule has 0 fully saturated rings. The molecule has 0 saturated heterocycles. The summed E-state index contributed by atoms with van der Waals surface area (Å²) >= 11 is 0. The van der Waals surface area contributed by atoms with Crippen LogP contribution in [0.3, 0.4) is 0 Å². The molecule has 0 heterocycles. The van der Waals surface area contributed by atoms with E-state index in [9.17, 15) is 9.59 Å². The molecule has 4 heteroatoms. The molecule has 0 unspecified atom stereocenters. The maximum absolute atomic E-state index is 10.5. The number of carbonyl (C=O) groups is 2. The molecule has 0 bridgehead atoms. The van der Waals surface area contributed by atoms with Gasteiger partial charge in [-0.1, -0.05) is 12.1 Å². The number of rotatable bonds is 1. The molecule has 76 valence electrons. The monoisotopic (exact) mass is 195 g/mol. The fraction of sp³-hybridized carbons (Fsp3) is 0.200. The molecule has 4 nitrogen and oxygen atoms in total. The first kappa shape index (κ1) is 12.2. The van der Waals surface area contributed by atoms with Crippen LogP contribution in [-0.2, 0) is 4.79 Å². The normalized spacial score (nSPS) is 8.43. The van der Waals surface area contributed by atoms with Crippen molar-refractivity contribution in [2.75, 3.05) is 0 Å². The minimum absolute atomic E-state index is 0.0741. The average Bonchev–Trinajstić information content (AvgIpc) is 2.03. The third-order valence-electron chi connectivity index (χ3n) is 1.17. The van der Waals surface area contributed by atoms with Gasteiger partial charge in [-0.3, -0.25) is 4.79 Å². The van der Waals surface area contributed by atoms with Crippen LogP contribution >= 0.6 is 0 Å². The van der Waals surface area contributed by atoms with Crippen molar-refractivity contribution in [2.24, 2.45) is 5.73 Å². The molecule has 1 amide bonds. The fourth-order valence-corrected chi connectivity index (χ4v) is 0.682. The van der Waals surface area contributed by atoms with Crippen LogP contribution in [0, 0.1) is 0 Å². The van der Waals surface area contributed by atoms with Crippen molar-refractivity contribution in [1.82, 2.24) is 0 Å². The van der Waals surface area contributed by atoms with Crippen molar-refractivity contribution in [3.05, 3.63) is 29.8 Å². The number of benzene rings is 1. The van der Waals surface area contributed by atoms with Crippen molar-refractivity contribution >= 4 is 11.7 Å². The van der Waals surface area contributed by atoms with E-state index >= 15 is 0 Å². The summed E-state index contributed by atoms with van der Waals surface area (Å²) in [6.45, 7) is 3.06. The Bertz CT molecular complexity index is 330. The van der Waals surface area contributed by atoms with Crippen LogP contribution in [0.1, 0.15) is 24.2 Å². The van der Waals surface area contributed by atoms with Crippen LogP contribution < -0.4 is 5.73 Å². The second kappa shape index (κ2) is 5.75. The highest BCUT2D eigenvalue weighted by atomic mass is 16.3. The van der Waals surface area contributed by atoms with Crippen LogP contribution in [0.4, 0.5) is 0 Å². The maximum atomic E-state index is 10.5. The van der Waals surface area contributed by atoms with E-state index in [0.717, 1.165) is 0 Å². The van der Waals surface area contributed by atoms with E-state index in [0.29, 0.717) is 0 Å². The molecular weight excluding hydrogens is 182 g/mol. The van der Waals surface area contributed by atoms with Gasteiger partial charge >= 0.3 is 0 Å². The molecule has 1 aromatic carbocycles. The van der Waals surface area contributed by atoms with Crippen LogP contribution in [-0.4, -0.2) is 16.8 Å². The number of para-hydroxylation sites is 1. The van der Waals surface area contributed by atoms with Crippen LogP contribution in [0.25, 0.3) is 0 Å². The van der Waals surface area contributed by atoms with E-state index in [4.69, 9.17) is 10.8 Å². The van der Waals surface area contributed by atoms with Gasteiger partial charge in [-0.05, 0) is 26.0 Å². The van der Waals surface area contributed by atoms with E-state index in [1.165, 1.54) is 26.0 Å². The summed E-state index contributed by atoms with van der Waals surface area (Å²) in [4.78, 5) is 19.9. The molecular formula is C10H13NO3. The van der Waals surface area contributed by atoms with Gasteiger partial charge in [-0.2, -0.15) is 0 Å². The summed E-state index contributed by atoms with van der Waals surface area (Å²) in [5.41, 5.74) is 5.07. The Morgan fingerprint density at radius 2 is 1.64 bits per heavy atom. The first-order valence-corrected chi connectivity index (χ1v) is 4.00. The first-order valence-electron chi connectivity index (χ1n) is 4.00. The summed E-state index contributed by atoms with van der Waals surface area (Å²) in [7, 11) is 0. The van der Waals surface area contributed by atoms with Gasteiger partial charge in [0.05, 0.1) is 5.56 Å². The van der Waals surface area contributed by atoms with Gasteiger partial charge in [0.15, 0.2) is 0 Å². The number of phenols is 1. The van der Waals surface area contributed by atoms with Gasteiger partial charge in [0.25, 0.3) is 5.91 Å². The van der Waals surface area contributed by atoms with E-state index in [1.807, 2.05) is 0 Å². The number of aromatic hydroxyl groups is 1. The lowest BCUT2D eigenvalue weighted by Gasteiger charge is -1.96. The third kappa shape index (κ3) is 4.92. The highest BCUT2D eigenvalue weighted by molar-refractivity contribution is 5.95. The standard InChI is InChI=1S/C7H7NO2.C3H6O/c8-7(10)5-3-1-2-4-6(5)9;1-3(2)4/h1-4,9H,(H2,8,10);1-2H3. The van der Waals surface area contributed by atoms with Crippen molar-refractivity contribution in [1.29, 1.82) is 0 Å². The van der Waals surface area contributed by atoms with E-state index in [1.54, 1.807) is 12.1 Å². The lowest BCUT2D eigenvalue weighted by atomic mass is 10.2. The Balaban J connectivity index is 0.000000364. The zero-order valence-electron chi connectivity index (χ0n) is 8.15. The van der Waals surface area contributed by atoms with Crippen LogP contribution in [0.15, 0.2) is 24.3 Å². The fourth-order valence-electron chi connectivity index (χ4n) is 0.682. The number of amides is 1. The zero-order valence-corrected chi connectivity index (χ0v) is 8.15. The topological polar surface area (TPSA) is 80.4 Å². The predicted molar refractivity (Wildman–Crippen MR) is 53.0 cm³/mol. The number of carbonyl (C=O) groups excluding carboxylic acids is 2. The smallest absolute Gasteiger partial charge is 0.252 e. The maximum Gasteiger partial charge on any atom is 0.252 e. The zero-order chi connectivity index (χ0) is 11.1. The predicted octanol–water partition coefficient (Wildman–Crippen LogP) is 1.09. The number of hydrogen-bond donors (Lipinski definition) is 2. The average molecular weight is 195 g/mol. The van der Waals surface area contributed by atoms with Gasteiger partial charge in [-0.15, -0.1) is 0 Å². The van der Waals surface area contributed by atoms with Crippen LogP contribution in [0.2, 0.25) is 0 Å². The van der Waals surface area contributed by atoms with Crippen molar-refractivity contribution in [3.63, 3.8) is 0 Å². The molecule has 0 atom stereocenters. The van der Waals surface area contributed by atoms with Gasteiger partial charge in [0, 0.05) is 0 Å². The van der Waals surface area contributed by atoms with Crippen LogP contribution in [0.5, 0.6) is 5.75 Å². The second-order valence-electron chi connectivity index (χ2n) is 2.79. The summed E-state index contributed by atoms with van der Waals surface area (Å²) in [6, 6.07) is 6.15. The van der Waals surface area contributed by atoms with Gasteiger partial charge in [-0.25, -0.2) is 0 Å². The summed E-state index contributed by atoms with van der Waals surface area (Å²) < 4.78 is 0. The molecule has 0 aliphatic rings. The summed E-state index contributed by atoms with van der Waals surface area (Å²) in [5, 5.41) is 8.98. The lowest BCUT2D eigenvalue weighted by Crippen LogP contribution is -2.10.